The lowest BCUT2D eigenvalue weighted by molar-refractivity contribution is 0.298. The molecular formula is C9H14N2O. The molecule has 0 amide bonds. The van der Waals surface area contributed by atoms with E-state index in [9.17, 15) is 0 Å². The highest BCUT2D eigenvalue weighted by atomic mass is 16.3. The molecule has 0 spiro atoms. The predicted octanol–water partition coefficient (Wildman–Crippen LogP) is 0.761. The summed E-state index contributed by atoms with van der Waals surface area (Å²) >= 11 is 0. The van der Waals surface area contributed by atoms with Crippen LogP contribution in [0.3, 0.4) is 0 Å². The lowest BCUT2D eigenvalue weighted by atomic mass is 10.2. The molecule has 0 aliphatic rings. The van der Waals surface area contributed by atoms with E-state index in [4.69, 9.17) is 10.8 Å². The number of hydrogen-bond acceptors (Lipinski definition) is 3. The van der Waals surface area contributed by atoms with Gasteiger partial charge in [-0.1, -0.05) is 13.0 Å². The fourth-order valence-corrected chi connectivity index (χ4v) is 1.10. The van der Waals surface area contributed by atoms with Gasteiger partial charge < -0.3 is 10.8 Å². The van der Waals surface area contributed by atoms with E-state index in [0.29, 0.717) is 12.2 Å². The summed E-state index contributed by atoms with van der Waals surface area (Å²) in [7, 11) is 0. The minimum atomic E-state index is 0.123. The molecule has 3 N–H and O–H groups in total. The maximum absolute atomic E-state index is 8.66. The summed E-state index contributed by atoms with van der Waals surface area (Å²) < 4.78 is 0. The van der Waals surface area contributed by atoms with Crippen molar-refractivity contribution in [2.24, 2.45) is 0 Å². The van der Waals surface area contributed by atoms with Crippen LogP contribution < -0.4 is 5.73 Å². The number of anilines is 1. The fraction of sp³-hybridized carbons (Fsp3) is 0.444. The zero-order chi connectivity index (χ0) is 8.97. The van der Waals surface area contributed by atoms with Crippen LogP contribution in [0.5, 0.6) is 0 Å². The van der Waals surface area contributed by atoms with Crippen LogP contribution in [-0.2, 0) is 12.8 Å². The van der Waals surface area contributed by atoms with Gasteiger partial charge in [-0.15, -0.1) is 0 Å². The Morgan fingerprint density at radius 3 is 2.75 bits per heavy atom. The first-order valence-electron chi connectivity index (χ1n) is 4.13. The fourth-order valence-electron chi connectivity index (χ4n) is 1.10. The van der Waals surface area contributed by atoms with E-state index in [-0.39, 0.29) is 6.61 Å². The van der Waals surface area contributed by atoms with Gasteiger partial charge in [-0.2, -0.15) is 0 Å². The molecule has 12 heavy (non-hydrogen) atoms. The van der Waals surface area contributed by atoms with Gasteiger partial charge in [0.15, 0.2) is 0 Å². The molecule has 0 aromatic carbocycles. The number of nitrogen functional groups attached to an aromatic ring is 1. The highest BCUT2D eigenvalue weighted by molar-refractivity contribution is 5.40. The normalized spacial score (nSPS) is 10.2. The molecule has 0 saturated carbocycles. The van der Waals surface area contributed by atoms with Crippen LogP contribution in [0.4, 0.5) is 5.82 Å². The van der Waals surface area contributed by atoms with Gasteiger partial charge >= 0.3 is 0 Å². The Kier molecular flexibility index (Phi) is 3.05. The van der Waals surface area contributed by atoms with Crippen molar-refractivity contribution in [3.8, 4) is 0 Å². The first-order valence-corrected chi connectivity index (χ1v) is 4.13. The van der Waals surface area contributed by atoms with E-state index in [1.54, 1.807) is 0 Å². The quantitative estimate of drug-likeness (QED) is 0.697. The SMILES string of the molecule is CCc1ccc(CCO)nc1N. The molecule has 3 heteroatoms. The molecule has 1 aromatic heterocycles. The maximum Gasteiger partial charge on any atom is 0.126 e. The molecule has 0 aliphatic heterocycles. The Morgan fingerprint density at radius 1 is 1.50 bits per heavy atom. The Hall–Kier alpha value is -1.09. The van der Waals surface area contributed by atoms with Gasteiger partial charge in [0.2, 0.25) is 0 Å². The van der Waals surface area contributed by atoms with Crippen LogP contribution >= 0.6 is 0 Å². The second kappa shape index (κ2) is 4.07. The van der Waals surface area contributed by atoms with Crippen molar-refractivity contribution in [3.05, 3.63) is 23.4 Å². The summed E-state index contributed by atoms with van der Waals surface area (Å²) in [6, 6.07) is 3.87. The van der Waals surface area contributed by atoms with Gasteiger partial charge in [0.05, 0.1) is 0 Å². The van der Waals surface area contributed by atoms with Crippen LogP contribution in [0.25, 0.3) is 0 Å². The average molecular weight is 166 g/mol. The Balaban J connectivity index is 2.86. The van der Waals surface area contributed by atoms with Crippen molar-refractivity contribution in [1.82, 2.24) is 4.98 Å². The number of hydrogen-bond donors (Lipinski definition) is 2. The Labute approximate surface area is 72.2 Å². The molecule has 1 heterocycles. The molecule has 0 aliphatic carbocycles. The largest absolute Gasteiger partial charge is 0.396 e. The average Bonchev–Trinajstić information content (AvgIpc) is 2.05. The zero-order valence-electron chi connectivity index (χ0n) is 7.25. The molecule has 0 bridgehead atoms. The molecule has 0 unspecified atom stereocenters. The van der Waals surface area contributed by atoms with E-state index >= 15 is 0 Å². The van der Waals surface area contributed by atoms with Crippen LogP contribution in [0, 0.1) is 0 Å². The molecule has 1 aromatic rings. The van der Waals surface area contributed by atoms with Gasteiger partial charge in [0.1, 0.15) is 5.82 Å². The zero-order valence-corrected chi connectivity index (χ0v) is 7.25. The first-order chi connectivity index (χ1) is 5.77. The molecule has 66 valence electrons. The highest BCUT2D eigenvalue weighted by Gasteiger charge is 1.99. The van der Waals surface area contributed by atoms with Gasteiger partial charge in [-0.3, -0.25) is 0 Å². The predicted molar refractivity (Wildman–Crippen MR) is 48.8 cm³/mol. The van der Waals surface area contributed by atoms with Crippen molar-refractivity contribution in [1.29, 1.82) is 0 Å². The summed E-state index contributed by atoms with van der Waals surface area (Å²) in [5.41, 5.74) is 7.59. The van der Waals surface area contributed by atoms with Crippen molar-refractivity contribution in [3.63, 3.8) is 0 Å². The molecule has 0 saturated heterocycles. The summed E-state index contributed by atoms with van der Waals surface area (Å²) in [4.78, 5) is 4.15. The van der Waals surface area contributed by atoms with Crippen molar-refractivity contribution >= 4 is 5.82 Å². The Bertz CT molecular complexity index is 261. The minimum absolute atomic E-state index is 0.123. The van der Waals surface area contributed by atoms with Crippen LogP contribution in [0.2, 0.25) is 0 Å². The van der Waals surface area contributed by atoms with Gasteiger partial charge in [-0.25, -0.2) is 4.98 Å². The Morgan fingerprint density at radius 2 is 2.25 bits per heavy atom. The molecule has 0 atom stereocenters. The number of nitrogens with two attached hydrogens (primary N) is 1. The van der Waals surface area contributed by atoms with E-state index in [1.807, 2.05) is 19.1 Å². The summed E-state index contributed by atoms with van der Waals surface area (Å²) in [5.74, 6) is 0.587. The molecule has 0 fully saturated rings. The smallest absolute Gasteiger partial charge is 0.126 e. The topological polar surface area (TPSA) is 59.1 Å². The van der Waals surface area contributed by atoms with Gasteiger partial charge in [-0.05, 0) is 18.1 Å². The van der Waals surface area contributed by atoms with Gasteiger partial charge in [0, 0.05) is 18.7 Å². The number of rotatable bonds is 3. The number of aliphatic hydroxyl groups excluding tert-OH is 1. The first kappa shape index (κ1) is 9.00. The highest BCUT2D eigenvalue weighted by Crippen LogP contribution is 2.10. The third-order valence-corrected chi connectivity index (χ3v) is 1.82. The number of pyridine rings is 1. The number of aryl methyl sites for hydroxylation is 1. The van der Waals surface area contributed by atoms with Crippen LogP contribution in [0.1, 0.15) is 18.2 Å². The molecular weight excluding hydrogens is 152 g/mol. The van der Waals surface area contributed by atoms with Gasteiger partial charge in [0.25, 0.3) is 0 Å². The van der Waals surface area contributed by atoms with E-state index in [2.05, 4.69) is 4.98 Å². The van der Waals surface area contributed by atoms with Crippen LogP contribution in [-0.4, -0.2) is 16.7 Å². The molecule has 0 radical (unpaired) electrons. The molecule has 3 nitrogen and oxygen atoms in total. The second-order valence-corrected chi connectivity index (χ2v) is 2.67. The van der Waals surface area contributed by atoms with E-state index in [0.717, 1.165) is 17.7 Å². The van der Waals surface area contributed by atoms with Crippen molar-refractivity contribution in [2.75, 3.05) is 12.3 Å². The van der Waals surface area contributed by atoms with E-state index < -0.39 is 0 Å². The third kappa shape index (κ3) is 1.95. The summed E-state index contributed by atoms with van der Waals surface area (Å²) in [6.45, 7) is 2.16. The standard InChI is InChI=1S/C9H14N2O/c1-2-7-3-4-8(5-6-12)11-9(7)10/h3-4,12H,2,5-6H2,1H3,(H2,10,11). The van der Waals surface area contributed by atoms with E-state index in [1.165, 1.54) is 0 Å². The lowest BCUT2D eigenvalue weighted by Gasteiger charge is -2.03. The third-order valence-electron chi connectivity index (χ3n) is 1.82. The molecule has 1 rings (SSSR count). The summed E-state index contributed by atoms with van der Waals surface area (Å²) in [5, 5.41) is 8.66. The van der Waals surface area contributed by atoms with Crippen LogP contribution in [0.15, 0.2) is 12.1 Å². The van der Waals surface area contributed by atoms with Crippen molar-refractivity contribution in [2.45, 2.75) is 19.8 Å². The number of nitrogens with zero attached hydrogens (tertiary/aromatic N) is 1. The maximum atomic E-state index is 8.66. The second-order valence-electron chi connectivity index (χ2n) is 2.67. The summed E-state index contributed by atoms with van der Waals surface area (Å²) in [6.07, 6.45) is 1.48. The number of aromatic nitrogens is 1. The monoisotopic (exact) mass is 166 g/mol. The van der Waals surface area contributed by atoms with Crippen molar-refractivity contribution < 1.29 is 5.11 Å². The lowest BCUT2D eigenvalue weighted by Crippen LogP contribution is -2.01. The minimum Gasteiger partial charge on any atom is -0.396 e. The number of aliphatic hydroxyl groups is 1.